The molecule has 1 aromatic carbocycles. The smallest absolute Gasteiger partial charge is 0.191 e. The maximum atomic E-state index is 12.9. The van der Waals surface area contributed by atoms with E-state index in [2.05, 4.69) is 32.1 Å². The lowest BCUT2D eigenvalue weighted by atomic mass is 10.1. The lowest BCUT2D eigenvalue weighted by Crippen LogP contribution is -2.38. The number of hydrogen-bond donors (Lipinski definition) is 2. The fourth-order valence-corrected chi connectivity index (χ4v) is 2.54. The molecule has 6 heteroatoms. The van der Waals surface area contributed by atoms with E-state index in [9.17, 15) is 4.39 Å². The predicted octanol–water partition coefficient (Wildman–Crippen LogP) is 2.91. The predicted molar refractivity (Wildman–Crippen MR) is 100 cm³/mol. The van der Waals surface area contributed by atoms with Crippen molar-refractivity contribution in [2.24, 2.45) is 4.99 Å². The number of halogens is 1. The zero-order valence-electron chi connectivity index (χ0n) is 15.1. The molecule has 136 valence electrons. The van der Waals surface area contributed by atoms with Gasteiger partial charge in [-0.25, -0.2) is 9.37 Å². The SMILES string of the molecule is CCNC(=NCCCCn1ccnc1C)NCCc1ccc(F)cc1. The van der Waals surface area contributed by atoms with Crippen LogP contribution in [0.5, 0.6) is 0 Å². The minimum atomic E-state index is -0.197. The second-order valence-electron chi connectivity index (χ2n) is 5.94. The second-order valence-corrected chi connectivity index (χ2v) is 5.94. The summed E-state index contributed by atoms with van der Waals surface area (Å²) in [6, 6.07) is 6.63. The largest absolute Gasteiger partial charge is 0.357 e. The van der Waals surface area contributed by atoms with Crippen LogP contribution in [-0.4, -0.2) is 35.1 Å². The van der Waals surface area contributed by atoms with Gasteiger partial charge in [-0.1, -0.05) is 12.1 Å². The standard InChI is InChI=1S/C19H28FN5/c1-3-21-19(24-12-10-17-6-8-18(20)9-7-17)23-11-4-5-14-25-15-13-22-16(25)2/h6-9,13,15H,3-5,10-12,14H2,1-2H3,(H2,21,23,24). The molecular formula is C19H28FN5. The van der Waals surface area contributed by atoms with E-state index in [1.165, 1.54) is 12.1 Å². The van der Waals surface area contributed by atoms with Crippen LogP contribution in [0, 0.1) is 12.7 Å². The number of imidazole rings is 1. The van der Waals surface area contributed by atoms with Crippen LogP contribution in [0.15, 0.2) is 41.7 Å². The quantitative estimate of drug-likeness (QED) is 0.417. The molecule has 0 aliphatic carbocycles. The van der Waals surface area contributed by atoms with E-state index in [-0.39, 0.29) is 5.82 Å². The Labute approximate surface area is 149 Å². The number of benzene rings is 1. The Balaban J connectivity index is 1.68. The number of aliphatic imine (C=N–C) groups is 1. The van der Waals surface area contributed by atoms with Gasteiger partial charge >= 0.3 is 0 Å². The van der Waals surface area contributed by atoms with Crippen LogP contribution in [-0.2, 0) is 13.0 Å². The molecule has 1 aromatic heterocycles. The summed E-state index contributed by atoms with van der Waals surface area (Å²) in [5.74, 6) is 1.69. The van der Waals surface area contributed by atoms with Gasteiger partial charge in [0.2, 0.25) is 0 Å². The van der Waals surface area contributed by atoms with Crippen LogP contribution in [0.4, 0.5) is 4.39 Å². The van der Waals surface area contributed by atoms with Crippen molar-refractivity contribution in [3.05, 3.63) is 53.9 Å². The lowest BCUT2D eigenvalue weighted by molar-refractivity contribution is 0.600. The Morgan fingerprint density at radius 3 is 2.68 bits per heavy atom. The van der Waals surface area contributed by atoms with Crippen LogP contribution in [0.25, 0.3) is 0 Å². The van der Waals surface area contributed by atoms with Gasteiger partial charge < -0.3 is 15.2 Å². The van der Waals surface area contributed by atoms with Gasteiger partial charge in [0.15, 0.2) is 5.96 Å². The lowest BCUT2D eigenvalue weighted by Gasteiger charge is -2.11. The van der Waals surface area contributed by atoms with Crippen molar-refractivity contribution in [3.8, 4) is 0 Å². The fourth-order valence-electron chi connectivity index (χ4n) is 2.54. The third-order valence-corrected chi connectivity index (χ3v) is 3.96. The van der Waals surface area contributed by atoms with Crippen LogP contribution in [0.2, 0.25) is 0 Å². The molecule has 0 saturated heterocycles. The molecule has 0 atom stereocenters. The summed E-state index contributed by atoms with van der Waals surface area (Å²) < 4.78 is 15.1. The summed E-state index contributed by atoms with van der Waals surface area (Å²) in [7, 11) is 0. The first kappa shape index (κ1) is 19.0. The summed E-state index contributed by atoms with van der Waals surface area (Å²) in [5, 5.41) is 6.58. The monoisotopic (exact) mass is 345 g/mol. The molecule has 1 heterocycles. The minimum absolute atomic E-state index is 0.197. The maximum absolute atomic E-state index is 12.9. The van der Waals surface area contributed by atoms with Crippen molar-refractivity contribution in [2.45, 2.75) is 39.7 Å². The Bertz CT molecular complexity index is 648. The molecule has 0 aliphatic heterocycles. The van der Waals surface area contributed by atoms with Gasteiger partial charge in [-0.2, -0.15) is 0 Å². The molecule has 25 heavy (non-hydrogen) atoms. The van der Waals surface area contributed by atoms with Gasteiger partial charge in [-0.15, -0.1) is 0 Å². The topological polar surface area (TPSA) is 54.2 Å². The number of rotatable bonds is 9. The van der Waals surface area contributed by atoms with Crippen LogP contribution in [0.3, 0.4) is 0 Å². The summed E-state index contributed by atoms with van der Waals surface area (Å²) in [4.78, 5) is 8.84. The highest BCUT2D eigenvalue weighted by Gasteiger charge is 1.99. The molecule has 0 fully saturated rings. The Kier molecular flexibility index (Phi) is 7.95. The van der Waals surface area contributed by atoms with Gasteiger partial charge in [0.25, 0.3) is 0 Å². The first-order valence-electron chi connectivity index (χ1n) is 8.93. The van der Waals surface area contributed by atoms with Crippen LogP contribution >= 0.6 is 0 Å². The maximum Gasteiger partial charge on any atom is 0.191 e. The van der Waals surface area contributed by atoms with Gasteiger partial charge in [0.1, 0.15) is 11.6 Å². The first-order chi connectivity index (χ1) is 12.2. The molecule has 2 N–H and O–H groups in total. The average Bonchev–Trinajstić information content (AvgIpc) is 3.01. The Morgan fingerprint density at radius 2 is 2.00 bits per heavy atom. The number of aromatic nitrogens is 2. The van der Waals surface area contributed by atoms with Crippen molar-refractivity contribution >= 4 is 5.96 Å². The van der Waals surface area contributed by atoms with E-state index < -0.39 is 0 Å². The Hall–Kier alpha value is -2.37. The number of nitrogens with one attached hydrogen (secondary N) is 2. The summed E-state index contributed by atoms with van der Waals surface area (Å²) in [6.45, 7) is 7.45. The number of guanidine groups is 1. The zero-order chi connectivity index (χ0) is 17.9. The van der Waals surface area contributed by atoms with E-state index in [4.69, 9.17) is 0 Å². The van der Waals surface area contributed by atoms with E-state index in [1.54, 1.807) is 0 Å². The number of nitrogens with zero attached hydrogens (tertiary/aromatic N) is 3. The van der Waals surface area contributed by atoms with Crippen LogP contribution < -0.4 is 10.6 Å². The molecule has 5 nitrogen and oxygen atoms in total. The highest BCUT2D eigenvalue weighted by molar-refractivity contribution is 5.79. The number of hydrogen-bond acceptors (Lipinski definition) is 2. The highest BCUT2D eigenvalue weighted by Crippen LogP contribution is 2.03. The minimum Gasteiger partial charge on any atom is -0.357 e. The fraction of sp³-hybridized carbons (Fsp3) is 0.474. The highest BCUT2D eigenvalue weighted by atomic mass is 19.1. The molecule has 0 bridgehead atoms. The third-order valence-electron chi connectivity index (χ3n) is 3.96. The molecule has 0 aliphatic rings. The van der Waals surface area contributed by atoms with Crippen molar-refractivity contribution < 1.29 is 4.39 Å². The van der Waals surface area contributed by atoms with E-state index >= 15 is 0 Å². The normalized spacial score (nSPS) is 11.6. The molecule has 2 aromatic rings. The molecule has 2 rings (SSSR count). The average molecular weight is 345 g/mol. The van der Waals surface area contributed by atoms with E-state index in [1.807, 2.05) is 31.5 Å². The summed E-state index contributed by atoms with van der Waals surface area (Å²) >= 11 is 0. The van der Waals surface area contributed by atoms with E-state index in [0.29, 0.717) is 0 Å². The molecule has 0 saturated carbocycles. The molecule has 0 amide bonds. The molecule has 0 spiro atoms. The van der Waals surface area contributed by atoms with Gasteiger partial charge in [0, 0.05) is 38.6 Å². The van der Waals surface area contributed by atoms with Crippen molar-refractivity contribution in [1.29, 1.82) is 0 Å². The van der Waals surface area contributed by atoms with E-state index in [0.717, 1.165) is 62.8 Å². The summed E-state index contributed by atoms with van der Waals surface area (Å²) in [5.41, 5.74) is 1.11. The second kappa shape index (κ2) is 10.5. The molecule has 0 unspecified atom stereocenters. The summed E-state index contributed by atoms with van der Waals surface area (Å²) in [6.07, 6.45) is 6.80. The third kappa shape index (κ3) is 6.95. The van der Waals surface area contributed by atoms with Crippen LogP contribution in [0.1, 0.15) is 31.2 Å². The zero-order valence-corrected chi connectivity index (χ0v) is 15.1. The van der Waals surface area contributed by atoms with Gasteiger partial charge in [-0.3, -0.25) is 4.99 Å². The van der Waals surface area contributed by atoms with Gasteiger partial charge in [-0.05, 0) is 50.8 Å². The Morgan fingerprint density at radius 1 is 1.20 bits per heavy atom. The molecular weight excluding hydrogens is 317 g/mol. The van der Waals surface area contributed by atoms with Crippen molar-refractivity contribution in [1.82, 2.24) is 20.2 Å². The van der Waals surface area contributed by atoms with Crippen molar-refractivity contribution in [2.75, 3.05) is 19.6 Å². The van der Waals surface area contributed by atoms with Gasteiger partial charge in [0.05, 0.1) is 0 Å². The molecule has 0 radical (unpaired) electrons. The number of unbranched alkanes of at least 4 members (excludes halogenated alkanes) is 1. The number of aryl methyl sites for hydroxylation is 2. The van der Waals surface area contributed by atoms with Crippen molar-refractivity contribution in [3.63, 3.8) is 0 Å². The first-order valence-corrected chi connectivity index (χ1v) is 8.93.